The van der Waals surface area contributed by atoms with Gasteiger partial charge >= 0.3 is 0 Å². The highest BCUT2D eigenvalue weighted by atomic mass is 19.1. The van der Waals surface area contributed by atoms with Crippen LogP contribution < -0.4 is 16.4 Å². The topological polar surface area (TPSA) is 106 Å². The average Bonchev–Trinajstić information content (AvgIpc) is 3.15. The molecule has 4 N–H and O–H groups in total. The van der Waals surface area contributed by atoms with E-state index in [0.717, 1.165) is 12.0 Å². The summed E-state index contributed by atoms with van der Waals surface area (Å²) in [4.78, 5) is 28.0. The Hall–Kier alpha value is -2.84. The molecule has 30 heavy (non-hydrogen) atoms. The number of carbonyl (C=O) groups is 2. The Morgan fingerprint density at radius 1 is 1.27 bits per heavy atom. The van der Waals surface area contributed by atoms with Crippen LogP contribution in [0, 0.1) is 12.7 Å². The van der Waals surface area contributed by atoms with Gasteiger partial charge in [0.2, 0.25) is 0 Å². The summed E-state index contributed by atoms with van der Waals surface area (Å²) in [7, 11) is 0. The molecule has 0 radical (unpaired) electrons. The molecule has 1 aromatic heterocycles. The number of pyridine rings is 1. The van der Waals surface area contributed by atoms with Gasteiger partial charge in [-0.15, -0.1) is 0 Å². The largest absolute Gasteiger partial charge is 0.365 e. The molecular formula is C22H29FN4O3. The minimum Gasteiger partial charge on any atom is -0.365 e. The van der Waals surface area contributed by atoms with E-state index in [1.807, 2.05) is 19.9 Å². The van der Waals surface area contributed by atoms with Gasteiger partial charge in [-0.25, -0.2) is 4.39 Å². The maximum Gasteiger partial charge on any atom is 0.269 e. The van der Waals surface area contributed by atoms with Crippen LogP contribution in [-0.4, -0.2) is 42.1 Å². The first-order valence-electron chi connectivity index (χ1n) is 10.0. The molecule has 2 atom stereocenters. The molecule has 8 heteroatoms. The normalized spacial score (nSPS) is 17.6. The minimum absolute atomic E-state index is 0.108. The van der Waals surface area contributed by atoms with E-state index in [1.165, 1.54) is 18.3 Å². The van der Waals surface area contributed by atoms with Gasteiger partial charge in [0.05, 0.1) is 6.10 Å². The van der Waals surface area contributed by atoms with Crippen molar-refractivity contribution in [2.45, 2.75) is 45.3 Å². The summed E-state index contributed by atoms with van der Waals surface area (Å²) in [6.45, 7) is 4.83. The quantitative estimate of drug-likeness (QED) is 0.628. The van der Waals surface area contributed by atoms with Gasteiger partial charge in [-0.3, -0.25) is 14.6 Å². The van der Waals surface area contributed by atoms with Crippen LogP contribution in [0.15, 0.2) is 42.6 Å². The Labute approximate surface area is 176 Å². The highest BCUT2D eigenvalue weighted by Crippen LogP contribution is 2.20. The number of carbonyl (C=O) groups excluding carboxylic acids is 2. The molecule has 1 fully saturated rings. The number of nitrogens with one attached hydrogen (secondary N) is 2. The lowest BCUT2D eigenvalue weighted by atomic mass is 10.2. The van der Waals surface area contributed by atoms with Gasteiger partial charge in [-0.2, -0.15) is 0 Å². The lowest BCUT2D eigenvalue weighted by Gasteiger charge is -2.12. The number of aromatic nitrogens is 1. The van der Waals surface area contributed by atoms with Crippen molar-refractivity contribution in [1.82, 2.24) is 10.3 Å². The van der Waals surface area contributed by atoms with E-state index >= 15 is 0 Å². The van der Waals surface area contributed by atoms with Gasteiger partial charge in [-0.05, 0) is 69.5 Å². The molecule has 1 aromatic carbocycles. The molecule has 2 unspecified atom stereocenters. The first-order valence-corrected chi connectivity index (χ1v) is 10.0. The summed E-state index contributed by atoms with van der Waals surface area (Å²) in [6, 6.07) is 9.70. The second-order valence-electron chi connectivity index (χ2n) is 7.13. The third kappa shape index (κ3) is 7.88. The van der Waals surface area contributed by atoms with Gasteiger partial charge in [0.25, 0.3) is 11.8 Å². The van der Waals surface area contributed by atoms with Crippen molar-refractivity contribution in [2.24, 2.45) is 5.73 Å². The molecular weight excluding hydrogens is 387 g/mol. The summed E-state index contributed by atoms with van der Waals surface area (Å²) in [6.07, 6.45) is 3.47. The van der Waals surface area contributed by atoms with Crippen LogP contribution in [0.5, 0.6) is 0 Å². The zero-order valence-electron chi connectivity index (χ0n) is 17.4. The summed E-state index contributed by atoms with van der Waals surface area (Å²) >= 11 is 0. The SMILES string of the molecule is CC1CCC(C(=O)Nc2ccnc(C(=O)NCCCN)c2)O1.Cc1cccc(F)c1. The Morgan fingerprint density at radius 2 is 2.07 bits per heavy atom. The van der Waals surface area contributed by atoms with Crippen LogP contribution in [0.25, 0.3) is 0 Å². The Kier molecular flexibility index (Phi) is 9.37. The molecule has 2 heterocycles. The number of ether oxygens (including phenoxy) is 1. The van der Waals surface area contributed by atoms with Gasteiger partial charge in [0.15, 0.2) is 0 Å². The molecule has 0 spiro atoms. The van der Waals surface area contributed by atoms with E-state index < -0.39 is 6.10 Å². The van der Waals surface area contributed by atoms with Crippen molar-refractivity contribution >= 4 is 17.5 Å². The molecule has 7 nitrogen and oxygen atoms in total. The number of aryl methyl sites for hydroxylation is 1. The number of hydrogen-bond acceptors (Lipinski definition) is 5. The summed E-state index contributed by atoms with van der Waals surface area (Å²) < 4.78 is 17.7. The van der Waals surface area contributed by atoms with Crippen molar-refractivity contribution in [2.75, 3.05) is 18.4 Å². The highest BCUT2D eigenvalue weighted by Gasteiger charge is 2.28. The van der Waals surface area contributed by atoms with Crippen LogP contribution in [0.3, 0.4) is 0 Å². The van der Waals surface area contributed by atoms with Crippen molar-refractivity contribution in [3.05, 3.63) is 59.7 Å². The number of benzene rings is 1. The molecule has 1 saturated heterocycles. The molecule has 0 saturated carbocycles. The molecule has 2 amide bonds. The second kappa shape index (κ2) is 12.0. The van der Waals surface area contributed by atoms with Crippen molar-refractivity contribution < 1.29 is 18.7 Å². The van der Waals surface area contributed by atoms with E-state index in [1.54, 1.807) is 18.2 Å². The maximum atomic E-state index is 12.2. The van der Waals surface area contributed by atoms with Crippen LogP contribution in [0.4, 0.5) is 10.1 Å². The third-order valence-electron chi connectivity index (χ3n) is 4.43. The highest BCUT2D eigenvalue weighted by molar-refractivity contribution is 5.97. The molecule has 1 aliphatic heterocycles. The molecule has 0 bridgehead atoms. The molecule has 2 aromatic rings. The Bertz CT molecular complexity index is 829. The Balaban J connectivity index is 0.000000335. The second-order valence-corrected chi connectivity index (χ2v) is 7.13. The van der Waals surface area contributed by atoms with Gasteiger partial charge in [0, 0.05) is 18.4 Å². The summed E-state index contributed by atoms with van der Waals surface area (Å²) in [5.41, 5.74) is 7.13. The number of hydrogen-bond donors (Lipinski definition) is 3. The number of anilines is 1. The lowest BCUT2D eigenvalue weighted by molar-refractivity contribution is -0.126. The van der Waals surface area contributed by atoms with Crippen LogP contribution in [0.2, 0.25) is 0 Å². The predicted octanol–water partition coefficient (Wildman–Crippen LogP) is 2.80. The average molecular weight is 416 g/mol. The van der Waals surface area contributed by atoms with Crippen molar-refractivity contribution in [3.63, 3.8) is 0 Å². The van der Waals surface area contributed by atoms with E-state index in [0.29, 0.717) is 31.6 Å². The van der Waals surface area contributed by atoms with Gasteiger partial charge < -0.3 is 21.1 Å². The zero-order chi connectivity index (χ0) is 21.9. The lowest BCUT2D eigenvalue weighted by Crippen LogP contribution is -2.29. The van der Waals surface area contributed by atoms with E-state index in [4.69, 9.17) is 10.5 Å². The molecule has 162 valence electrons. The number of rotatable bonds is 6. The van der Waals surface area contributed by atoms with Crippen molar-refractivity contribution in [3.8, 4) is 0 Å². The van der Waals surface area contributed by atoms with E-state index in [-0.39, 0.29) is 29.4 Å². The van der Waals surface area contributed by atoms with Crippen LogP contribution in [0.1, 0.15) is 42.2 Å². The smallest absolute Gasteiger partial charge is 0.269 e. The third-order valence-corrected chi connectivity index (χ3v) is 4.43. The van der Waals surface area contributed by atoms with Gasteiger partial charge in [-0.1, -0.05) is 12.1 Å². The first-order chi connectivity index (χ1) is 14.4. The fraction of sp³-hybridized carbons (Fsp3) is 0.409. The van der Waals surface area contributed by atoms with Gasteiger partial charge in [0.1, 0.15) is 17.6 Å². The molecule has 3 rings (SSSR count). The molecule has 0 aliphatic carbocycles. The Morgan fingerprint density at radius 3 is 2.67 bits per heavy atom. The number of nitrogens with two attached hydrogens (primary N) is 1. The monoisotopic (exact) mass is 416 g/mol. The number of amides is 2. The van der Waals surface area contributed by atoms with Crippen LogP contribution >= 0.6 is 0 Å². The summed E-state index contributed by atoms with van der Waals surface area (Å²) in [5.74, 6) is -0.634. The van der Waals surface area contributed by atoms with E-state index in [2.05, 4.69) is 15.6 Å². The maximum absolute atomic E-state index is 12.2. The fourth-order valence-electron chi connectivity index (χ4n) is 2.85. The van der Waals surface area contributed by atoms with Crippen molar-refractivity contribution in [1.29, 1.82) is 0 Å². The minimum atomic E-state index is -0.426. The predicted molar refractivity (Wildman–Crippen MR) is 114 cm³/mol. The molecule has 1 aliphatic rings. The van der Waals surface area contributed by atoms with E-state index in [9.17, 15) is 14.0 Å². The standard InChI is InChI=1S/C15H22N4O3.C7H7F/c1-10-3-4-13(22-10)15(21)19-11-5-8-17-12(9-11)14(20)18-7-2-6-16;1-6-3-2-4-7(8)5-6/h5,8-10,13H,2-4,6-7,16H2,1H3,(H,18,20)(H,17,19,21);2-5H,1H3. The van der Waals surface area contributed by atoms with Crippen LogP contribution in [-0.2, 0) is 9.53 Å². The number of nitrogens with zero attached hydrogens (tertiary/aromatic N) is 1. The summed E-state index contributed by atoms with van der Waals surface area (Å²) in [5, 5.41) is 5.49. The zero-order valence-corrected chi connectivity index (χ0v) is 17.4. The number of halogens is 1. The first kappa shape index (κ1) is 23.4. The fourth-order valence-corrected chi connectivity index (χ4v) is 2.85.